The normalized spacial score (nSPS) is 20.5. The molecular weight excluding hydrogens is 272 g/mol. The predicted octanol–water partition coefficient (Wildman–Crippen LogP) is 3.41. The van der Waals surface area contributed by atoms with E-state index in [1.807, 2.05) is 13.0 Å². The largest absolute Gasteiger partial charge is 0.503 e. The van der Waals surface area contributed by atoms with Crippen molar-refractivity contribution in [3.05, 3.63) is 36.0 Å². The average molecular weight is 296 g/mol. The lowest BCUT2D eigenvalue weighted by Crippen LogP contribution is -2.25. The topological polar surface area (TPSA) is 94.8 Å². The van der Waals surface area contributed by atoms with Crippen LogP contribution >= 0.6 is 0 Å². The highest BCUT2D eigenvalue weighted by molar-refractivity contribution is 5.97. The Bertz CT molecular complexity index is 477. The summed E-state index contributed by atoms with van der Waals surface area (Å²) in [6.07, 6.45) is 4.69. The third-order valence-corrected chi connectivity index (χ3v) is 3.53. The van der Waals surface area contributed by atoms with Crippen LogP contribution in [0.25, 0.3) is 0 Å². The van der Waals surface area contributed by atoms with Crippen LogP contribution in [0.15, 0.2) is 36.0 Å². The zero-order valence-electron chi connectivity index (χ0n) is 13.0. The zero-order chi connectivity index (χ0) is 16.8. The lowest BCUT2D eigenvalue weighted by atomic mass is 9.72. The molecule has 1 atom stereocenters. The van der Waals surface area contributed by atoms with Crippen LogP contribution < -0.4 is 0 Å². The van der Waals surface area contributed by atoms with Gasteiger partial charge < -0.3 is 15.3 Å². The Morgan fingerprint density at radius 2 is 1.86 bits per heavy atom. The van der Waals surface area contributed by atoms with Crippen LogP contribution in [0.1, 0.15) is 40.5 Å². The molecule has 0 radical (unpaired) electrons. The number of carboxylic acid groups (broad SMARTS) is 2. The fourth-order valence-corrected chi connectivity index (χ4v) is 2.08. The maximum absolute atomic E-state index is 11.7. The molecule has 118 valence electrons. The van der Waals surface area contributed by atoms with Crippen LogP contribution in [-0.2, 0) is 4.79 Å². The van der Waals surface area contributed by atoms with Gasteiger partial charge in [0, 0.05) is 6.42 Å². The summed E-state index contributed by atoms with van der Waals surface area (Å²) in [7, 11) is 0. The molecule has 0 saturated heterocycles. The Morgan fingerprint density at radius 1 is 1.38 bits per heavy atom. The number of Topliss-reactive ketones (excluding diaryl/α,β-unsaturated/α-hetero) is 1. The fraction of sp³-hybridized carbons (Fsp3) is 0.500. The van der Waals surface area contributed by atoms with Crippen LogP contribution in [0, 0.1) is 5.41 Å². The SMILES string of the molecule is C=CC(C)(O)C=CC1=C(C)C(=O)CCC1(C)C.O=C(O)O. The van der Waals surface area contributed by atoms with Gasteiger partial charge in [0.2, 0.25) is 0 Å². The molecule has 0 heterocycles. The van der Waals surface area contributed by atoms with Gasteiger partial charge >= 0.3 is 6.16 Å². The molecule has 1 aliphatic carbocycles. The van der Waals surface area contributed by atoms with E-state index in [2.05, 4.69) is 20.4 Å². The molecule has 1 rings (SSSR count). The van der Waals surface area contributed by atoms with Gasteiger partial charge in [0.05, 0.1) is 5.60 Å². The molecule has 5 heteroatoms. The molecule has 0 aromatic heterocycles. The summed E-state index contributed by atoms with van der Waals surface area (Å²) in [5.41, 5.74) is 0.809. The van der Waals surface area contributed by atoms with Crippen LogP contribution in [0.5, 0.6) is 0 Å². The summed E-state index contributed by atoms with van der Waals surface area (Å²) >= 11 is 0. The molecule has 21 heavy (non-hydrogen) atoms. The van der Waals surface area contributed by atoms with Crippen LogP contribution in [0.2, 0.25) is 0 Å². The van der Waals surface area contributed by atoms with Gasteiger partial charge in [-0.1, -0.05) is 32.6 Å². The Kier molecular flexibility index (Phi) is 6.57. The molecule has 3 N–H and O–H groups in total. The third kappa shape index (κ3) is 6.40. The van der Waals surface area contributed by atoms with Crippen molar-refractivity contribution in [1.29, 1.82) is 0 Å². The Balaban J connectivity index is 0.000000885. The average Bonchev–Trinajstić information content (AvgIpc) is 2.33. The van der Waals surface area contributed by atoms with Crippen molar-refractivity contribution in [1.82, 2.24) is 0 Å². The maximum Gasteiger partial charge on any atom is 0.503 e. The van der Waals surface area contributed by atoms with Crippen molar-refractivity contribution in [3.63, 3.8) is 0 Å². The van der Waals surface area contributed by atoms with Gasteiger partial charge in [-0.15, -0.1) is 0 Å². The number of ketones is 1. The highest BCUT2D eigenvalue weighted by atomic mass is 16.6. The number of hydrogen-bond donors (Lipinski definition) is 3. The molecule has 0 aromatic rings. The first-order valence-electron chi connectivity index (χ1n) is 6.64. The van der Waals surface area contributed by atoms with Crippen molar-refractivity contribution >= 4 is 11.9 Å². The summed E-state index contributed by atoms with van der Waals surface area (Å²) in [6.45, 7) is 11.4. The number of aliphatic hydroxyl groups is 1. The monoisotopic (exact) mass is 296 g/mol. The summed E-state index contributed by atoms with van der Waals surface area (Å²) in [6, 6.07) is 0. The first-order chi connectivity index (χ1) is 9.43. The van der Waals surface area contributed by atoms with Gasteiger partial charge in [0.25, 0.3) is 0 Å². The number of rotatable bonds is 3. The smallest absolute Gasteiger partial charge is 0.450 e. The molecule has 0 fully saturated rings. The standard InChI is InChI=1S/C15H22O2.CH2O3/c1-6-15(5,17)10-7-12-11(2)13(16)8-9-14(12,3)4;2-1(3)4/h6-7,10,17H,1,8-9H2,2-5H3;(H2,2,3,4). The molecule has 0 bridgehead atoms. The molecule has 5 nitrogen and oxygen atoms in total. The summed E-state index contributed by atoms with van der Waals surface area (Å²) in [4.78, 5) is 20.3. The minimum atomic E-state index is -1.83. The summed E-state index contributed by atoms with van der Waals surface area (Å²) in [5.74, 6) is 0.210. The van der Waals surface area contributed by atoms with E-state index in [1.165, 1.54) is 6.08 Å². The van der Waals surface area contributed by atoms with E-state index in [4.69, 9.17) is 15.0 Å². The van der Waals surface area contributed by atoms with E-state index in [1.54, 1.807) is 13.0 Å². The van der Waals surface area contributed by atoms with E-state index < -0.39 is 11.8 Å². The van der Waals surface area contributed by atoms with E-state index in [-0.39, 0.29) is 11.2 Å². The fourth-order valence-electron chi connectivity index (χ4n) is 2.08. The second-order valence-corrected chi connectivity index (χ2v) is 5.89. The van der Waals surface area contributed by atoms with E-state index >= 15 is 0 Å². The number of hydrogen-bond acceptors (Lipinski definition) is 3. The molecular formula is C16H24O5. The third-order valence-electron chi connectivity index (χ3n) is 3.53. The first-order valence-corrected chi connectivity index (χ1v) is 6.64. The molecule has 0 aliphatic heterocycles. The van der Waals surface area contributed by atoms with Crippen molar-refractivity contribution in [2.45, 2.75) is 46.1 Å². The van der Waals surface area contributed by atoms with Gasteiger partial charge in [-0.3, -0.25) is 4.79 Å². The lowest BCUT2D eigenvalue weighted by Gasteiger charge is -2.32. The quantitative estimate of drug-likeness (QED) is 0.694. The van der Waals surface area contributed by atoms with Crippen molar-refractivity contribution in [2.24, 2.45) is 5.41 Å². The molecule has 0 saturated carbocycles. The molecule has 1 aliphatic rings. The Hall–Kier alpha value is -1.88. The zero-order valence-corrected chi connectivity index (χ0v) is 13.0. The van der Waals surface area contributed by atoms with Crippen molar-refractivity contribution in [3.8, 4) is 0 Å². The number of carbonyl (C=O) groups is 2. The highest BCUT2D eigenvalue weighted by Gasteiger charge is 2.31. The minimum absolute atomic E-state index is 0.00819. The van der Waals surface area contributed by atoms with Gasteiger partial charge in [0.1, 0.15) is 0 Å². The molecule has 1 unspecified atom stereocenters. The highest BCUT2D eigenvalue weighted by Crippen LogP contribution is 2.39. The summed E-state index contributed by atoms with van der Waals surface area (Å²) in [5, 5.41) is 23.8. The maximum atomic E-state index is 11.7. The Morgan fingerprint density at radius 3 is 2.29 bits per heavy atom. The molecule has 0 amide bonds. The van der Waals surface area contributed by atoms with Crippen LogP contribution in [0.3, 0.4) is 0 Å². The lowest BCUT2D eigenvalue weighted by molar-refractivity contribution is -0.116. The minimum Gasteiger partial charge on any atom is -0.450 e. The van der Waals surface area contributed by atoms with E-state index in [0.29, 0.717) is 6.42 Å². The molecule has 0 spiro atoms. The summed E-state index contributed by atoms with van der Waals surface area (Å²) < 4.78 is 0. The van der Waals surface area contributed by atoms with E-state index in [9.17, 15) is 9.90 Å². The second kappa shape index (κ2) is 7.22. The van der Waals surface area contributed by atoms with Gasteiger partial charge in [-0.05, 0) is 42.9 Å². The Labute approximate surface area is 125 Å². The van der Waals surface area contributed by atoms with E-state index in [0.717, 1.165) is 17.6 Å². The van der Waals surface area contributed by atoms with Crippen molar-refractivity contribution in [2.75, 3.05) is 0 Å². The first kappa shape index (κ1) is 19.1. The number of carbonyl (C=O) groups excluding carboxylic acids is 1. The predicted molar refractivity (Wildman–Crippen MR) is 81.3 cm³/mol. The van der Waals surface area contributed by atoms with Gasteiger partial charge in [-0.2, -0.15) is 0 Å². The second-order valence-electron chi connectivity index (χ2n) is 5.89. The molecule has 0 aromatic carbocycles. The van der Waals surface area contributed by atoms with Crippen LogP contribution in [-0.4, -0.2) is 32.9 Å². The van der Waals surface area contributed by atoms with Gasteiger partial charge in [-0.25, -0.2) is 4.79 Å². The van der Waals surface area contributed by atoms with Crippen molar-refractivity contribution < 1.29 is 24.9 Å². The number of allylic oxidation sites excluding steroid dienone is 3. The van der Waals surface area contributed by atoms with Gasteiger partial charge in [0.15, 0.2) is 5.78 Å². The van der Waals surface area contributed by atoms with Crippen LogP contribution in [0.4, 0.5) is 4.79 Å².